The lowest BCUT2D eigenvalue weighted by atomic mass is 10.0. The van der Waals surface area contributed by atoms with E-state index >= 15 is 0 Å². The molecule has 3 nitrogen and oxygen atoms in total. The highest BCUT2D eigenvalue weighted by atomic mass is 16.3. The van der Waals surface area contributed by atoms with E-state index in [-0.39, 0.29) is 12.6 Å². The van der Waals surface area contributed by atoms with Gasteiger partial charge in [0.1, 0.15) is 0 Å². The van der Waals surface area contributed by atoms with Crippen molar-refractivity contribution in [3.05, 3.63) is 71.8 Å². The second kappa shape index (κ2) is 7.20. The lowest BCUT2D eigenvalue weighted by molar-refractivity contribution is 0.0845. The normalized spacial score (nSPS) is 15.6. The van der Waals surface area contributed by atoms with E-state index < -0.39 is 12.1 Å². The molecular formula is C17H21NO2. The molecule has 106 valence electrons. The van der Waals surface area contributed by atoms with Gasteiger partial charge in [-0.15, -0.1) is 0 Å². The van der Waals surface area contributed by atoms with Gasteiger partial charge in [-0.2, -0.15) is 0 Å². The summed E-state index contributed by atoms with van der Waals surface area (Å²) >= 11 is 0. The van der Waals surface area contributed by atoms with Crippen molar-refractivity contribution in [2.45, 2.75) is 25.1 Å². The topological polar surface area (TPSA) is 52.5 Å². The molecule has 3 heteroatoms. The minimum atomic E-state index is -0.729. The highest BCUT2D eigenvalue weighted by Crippen LogP contribution is 2.20. The minimum Gasteiger partial charge on any atom is -0.395 e. The lowest BCUT2D eigenvalue weighted by Gasteiger charge is -2.26. The Bertz CT molecular complexity index is 501. The molecule has 2 rings (SSSR count). The molecule has 0 saturated carbocycles. The van der Waals surface area contributed by atoms with Crippen LogP contribution < -0.4 is 5.32 Å². The third-order valence-corrected chi connectivity index (χ3v) is 3.48. The van der Waals surface area contributed by atoms with Crippen molar-refractivity contribution in [2.75, 3.05) is 6.61 Å². The summed E-state index contributed by atoms with van der Waals surface area (Å²) in [6.07, 6.45) is -0.729. The van der Waals surface area contributed by atoms with E-state index in [1.54, 1.807) is 0 Å². The van der Waals surface area contributed by atoms with Gasteiger partial charge in [-0.1, -0.05) is 60.7 Å². The van der Waals surface area contributed by atoms with Crippen molar-refractivity contribution in [3.8, 4) is 0 Å². The molecule has 0 aliphatic heterocycles. The first-order chi connectivity index (χ1) is 9.72. The summed E-state index contributed by atoms with van der Waals surface area (Å²) in [5.41, 5.74) is 1.94. The number of hydrogen-bond acceptors (Lipinski definition) is 3. The smallest absolute Gasteiger partial charge is 0.0965 e. The predicted molar refractivity (Wildman–Crippen MR) is 80.3 cm³/mol. The second-order valence-corrected chi connectivity index (χ2v) is 4.94. The van der Waals surface area contributed by atoms with E-state index in [9.17, 15) is 10.2 Å². The van der Waals surface area contributed by atoms with Gasteiger partial charge in [0.15, 0.2) is 0 Å². The van der Waals surface area contributed by atoms with Crippen LogP contribution in [0.2, 0.25) is 0 Å². The molecule has 0 aromatic heterocycles. The van der Waals surface area contributed by atoms with E-state index in [0.29, 0.717) is 0 Å². The molecule has 0 saturated heterocycles. The molecule has 0 amide bonds. The molecule has 3 atom stereocenters. The Labute approximate surface area is 119 Å². The van der Waals surface area contributed by atoms with Gasteiger partial charge >= 0.3 is 0 Å². The molecule has 0 bridgehead atoms. The van der Waals surface area contributed by atoms with Crippen LogP contribution in [-0.4, -0.2) is 22.9 Å². The fourth-order valence-corrected chi connectivity index (χ4v) is 2.29. The monoisotopic (exact) mass is 271 g/mol. The van der Waals surface area contributed by atoms with Crippen molar-refractivity contribution in [2.24, 2.45) is 0 Å². The molecule has 2 aromatic carbocycles. The first-order valence-corrected chi connectivity index (χ1v) is 6.87. The van der Waals surface area contributed by atoms with Crippen molar-refractivity contribution < 1.29 is 10.2 Å². The molecule has 0 fully saturated rings. The average Bonchev–Trinajstić information content (AvgIpc) is 2.53. The standard InChI is InChI=1S/C17H21NO2/c1-13(14-8-4-2-5-9-14)18-16(12-19)17(20)15-10-6-3-7-11-15/h2-11,13,16-20H,12H2,1H3/t13-,16+,17+/m0/s1. The number of hydrogen-bond donors (Lipinski definition) is 3. The van der Waals surface area contributed by atoms with E-state index in [1.807, 2.05) is 67.6 Å². The molecule has 3 N–H and O–H groups in total. The first kappa shape index (κ1) is 14.7. The van der Waals surface area contributed by atoms with Crippen molar-refractivity contribution in [1.82, 2.24) is 5.32 Å². The first-order valence-electron chi connectivity index (χ1n) is 6.87. The van der Waals surface area contributed by atoms with E-state index in [4.69, 9.17) is 0 Å². The molecule has 0 heterocycles. The minimum absolute atomic E-state index is 0.0618. The van der Waals surface area contributed by atoms with Crippen molar-refractivity contribution in [3.63, 3.8) is 0 Å². The average molecular weight is 271 g/mol. The summed E-state index contributed by atoms with van der Waals surface area (Å²) in [5.74, 6) is 0. The lowest BCUT2D eigenvalue weighted by Crippen LogP contribution is -2.39. The summed E-state index contributed by atoms with van der Waals surface area (Å²) in [5, 5.41) is 23.2. The molecule has 0 aliphatic carbocycles. The van der Waals surface area contributed by atoms with Crippen LogP contribution in [0.5, 0.6) is 0 Å². The van der Waals surface area contributed by atoms with Crippen LogP contribution >= 0.6 is 0 Å². The second-order valence-electron chi connectivity index (χ2n) is 4.94. The quantitative estimate of drug-likeness (QED) is 0.756. The zero-order chi connectivity index (χ0) is 14.4. The van der Waals surface area contributed by atoms with Gasteiger partial charge in [0.05, 0.1) is 18.8 Å². The molecule has 2 aromatic rings. The van der Waals surface area contributed by atoms with E-state index in [1.165, 1.54) is 0 Å². The number of aliphatic hydroxyl groups excluding tert-OH is 2. The molecule has 20 heavy (non-hydrogen) atoms. The Morgan fingerprint density at radius 3 is 1.90 bits per heavy atom. The largest absolute Gasteiger partial charge is 0.395 e. The van der Waals surface area contributed by atoms with Gasteiger partial charge in [-0.25, -0.2) is 0 Å². The Hall–Kier alpha value is -1.68. The number of rotatable bonds is 6. The maximum atomic E-state index is 10.4. The van der Waals surface area contributed by atoms with Gasteiger partial charge in [-0.05, 0) is 18.1 Å². The summed E-state index contributed by atoms with van der Waals surface area (Å²) in [6, 6.07) is 19.1. The number of aliphatic hydroxyl groups is 2. The van der Waals surface area contributed by atoms with Crippen LogP contribution in [0, 0.1) is 0 Å². The molecule has 0 aliphatic rings. The highest BCUT2D eigenvalue weighted by Gasteiger charge is 2.21. The van der Waals surface area contributed by atoms with Crippen molar-refractivity contribution in [1.29, 1.82) is 0 Å². The Kier molecular flexibility index (Phi) is 5.30. The van der Waals surface area contributed by atoms with Gasteiger partial charge in [0, 0.05) is 6.04 Å². The maximum absolute atomic E-state index is 10.4. The van der Waals surface area contributed by atoms with Crippen molar-refractivity contribution >= 4 is 0 Å². The Morgan fingerprint density at radius 2 is 1.40 bits per heavy atom. The van der Waals surface area contributed by atoms with Gasteiger partial charge in [0.2, 0.25) is 0 Å². The van der Waals surface area contributed by atoms with E-state index in [2.05, 4.69) is 5.32 Å². The fourth-order valence-electron chi connectivity index (χ4n) is 2.29. The van der Waals surface area contributed by atoms with Crippen LogP contribution in [-0.2, 0) is 0 Å². The highest BCUT2D eigenvalue weighted by molar-refractivity contribution is 5.21. The Balaban J connectivity index is 2.05. The maximum Gasteiger partial charge on any atom is 0.0965 e. The molecule has 0 unspecified atom stereocenters. The van der Waals surface area contributed by atoms with Crippen LogP contribution in [0.1, 0.15) is 30.2 Å². The summed E-state index contributed by atoms with van der Waals surface area (Å²) in [4.78, 5) is 0. The SMILES string of the molecule is C[C@H](N[C@H](CO)[C@H](O)c1ccccc1)c1ccccc1. The van der Waals surface area contributed by atoms with E-state index in [0.717, 1.165) is 11.1 Å². The zero-order valence-electron chi connectivity index (χ0n) is 11.6. The zero-order valence-corrected chi connectivity index (χ0v) is 11.6. The van der Waals surface area contributed by atoms with Gasteiger partial charge < -0.3 is 15.5 Å². The third kappa shape index (κ3) is 3.67. The molecule has 0 radical (unpaired) electrons. The van der Waals surface area contributed by atoms with Gasteiger partial charge in [-0.3, -0.25) is 0 Å². The third-order valence-electron chi connectivity index (χ3n) is 3.48. The summed E-state index contributed by atoms with van der Waals surface area (Å²) in [7, 11) is 0. The predicted octanol–water partition coefficient (Wildman–Crippen LogP) is 2.43. The van der Waals surface area contributed by atoms with Crippen LogP contribution in [0.25, 0.3) is 0 Å². The van der Waals surface area contributed by atoms with Gasteiger partial charge in [0.25, 0.3) is 0 Å². The summed E-state index contributed by atoms with van der Waals surface area (Å²) in [6.45, 7) is 1.91. The fraction of sp³-hybridized carbons (Fsp3) is 0.294. The van der Waals surface area contributed by atoms with Crippen LogP contribution in [0.4, 0.5) is 0 Å². The van der Waals surface area contributed by atoms with Crippen LogP contribution in [0.3, 0.4) is 0 Å². The molecule has 0 spiro atoms. The van der Waals surface area contributed by atoms with Crippen LogP contribution in [0.15, 0.2) is 60.7 Å². The number of benzene rings is 2. The number of nitrogens with one attached hydrogen (secondary N) is 1. The Morgan fingerprint density at radius 1 is 0.900 bits per heavy atom. The summed E-state index contributed by atoms with van der Waals surface area (Å²) < 4.78 is 0. The molecular weight excluding hydrogens is 250 g/mol.